The van der Waals surface area contributed by atoms with Crippen LogP contribution in [0.4, 0.5) is 0 Å². The van der Waals surface area contributed by atoms with Crippen molar-refractivity contribution in [3.8, 4) is 0 Å². The minimum absolute atomic E-state index is 0.383. The number of aliphatic imine (C=N–C) groups is 1. The number of nitrogens with two attached hydrogens (primary N) is 1. The van der Waals surface area contributed by atoms with Gasteiger partial charge >= 0.3 is 0 Å². The highest BCUT2D eigenvalue weighted by Gasteiger charge is 2.38. The van der Waals surface area contributed by atoms with Gasteiger partial charge in [-0.1, -0.05) is 29.8 Å². The summed E-state index contributed by atoms with van der Waals surface area (Å²) in [7, 11) is 0. The van der Waals surface area contributed by atoms with Crippen LogP contribution in [0, 0.1) is 0 Å². The molecule has 1 aliphatic rings. The van der Waals surface area contributed by atoms with E-state index in [9.17, 15) is 0 Å². The van der Waals surface area contributed by atoms with Gasteiger partial charge in [0.05, 0.1) is 0 Å². The van der Waals surface area contributed by atoms with Gasteiger partial charge in [0.25, 0.3) is 0 Å². The van der Waals surface area contributed by atoms with E-state index in [0.717, 1.165) is 24.4 Å². The minimum Gasteiger partial charge on any atom is -0.370 e. The summed E-state index contributed by atoms with van der Waals surface area (Å²) in [5.74, 6) is 1.04. The van der Waals surface area contributed by atoms with Gasteiger partial charge in [-0.25, -0.2) is 0 Å². The van der Waals surface area contributed by atoms with Gasteiger partial charge in [0.1, 0.15) is 0 Å². The van der Waals surface area contributed by atoms with Gasteiger partial charge in [0.2, 0.25) is 0 Å². The SMILES string of the molecule is NC(=NCCc1cccs1)N[C@@H]1C[C@H]1c1cccc(Cl)c1. The number of benzene rings is 1. The fourth-order valence-corrected chi connectivity index (χ4v) is 3.33. The summed E-state index contributed by atoms with van der Waals surface area (Å²) in [6, 6.07) is 12.6. The van der Waals surface area contributed by atoms with Crippen LogP contribution in [-0.2, 0) is 6.42 Å². The van der Waals surface area contributed by atoms with Gasteiger partial charge in [-0.2, -0.15) is 0 Å². The van der Waals surface area contributed by atoms with Crippen molar-refractivity contribution in [3.05, 3.63) is 57.2 Å². The van der Waals surface area contributed by atoms with E-state index in [1.54, 1.807) is 11.3 Å². The molecule has 3 N–H and O–H groups in total. The molecule has 1 aromatic carbocycles. The van der Waals surface area contributed by atoms with E-state index in [4.69, 9.17) is 17.3 Å². The maximum Gasteiger partial charge on any atom is 0.188 e. The molecule has 2 atom stereocenters. The molecular formula is C16H18ClN3S. The molecule has 0 bridgehead atoms. The van der Waals surface area contributed by atoms with Crippen LogP contribution in [0.2, 0.25) is 5.02 Å². The molecule has 1 saturated carbocycles. The molecule has 3 rings (SSSR count). The maximum absolute atomic E-state index is 6.02. The average Bonchev–Trinajstić information content (AvgIpc) is 3.02. The quantitative estimate of drug-likeness (QED) is 0.655. The molecule has 0 unspecified atom stereocenters. The molecule has 2 aromatic rings. The van der Waals surface area contributed by atoms with Gasteiger partial charge in [0.15, 0.2) is 5.96 Å². The van der Waals surface area contributed by atoms with Gasteiger partial charge in [-0.15, -0.1) is 11.3 Å². The summed E-state index contributed by atoms with van der Waals surface area (Å²) in [5.41, 5.74) is 7.21. The zero-order valence-corrected chi connectivity index (χ0v) is 13.2. The highest BCUT2D eigenvalue weighted by molar-refractivity contribution is 7.09. The van der Waals surface area contributed by atoms with E-state index in [0.29, 0.717) is 17.9 Å². The van der Waals surface area contributed by atoms with Crippen LogP contribution in [0.5, 0.6) is 0 Å². The van der Waals surface area contributed by atoms with Crippen LogP contribution in [0.3, 0.4) is 0 Å². The van der Waals surface area contributed by atoms with E-state index in [2.05, 4.69) is 33.9 Å². The van der Waals surface area contributed by atoms with E-state index in [-0.39, 0.29) is 0 Å². The number of nitrogens with zero attached hydrogens (tertiary/aromatic N) is 1. The van der Waals surface area contributed by atoms with Crippen molar-refractivity contribution in [2.45, 2.75) is 24.8 Å². The Morgan fingerprint density at radius 1 is 1.38 bits per heavy atom. The molecule has 1 heterocycles. The third-order valence-corrected chi connectivity index (χ3v) is 4.79. The molecule has 0 aliphatic heterocycles. The van der Waals surface area contributed by atoms with Gasteiger partial charge in [-0.3, -0.25) is 4.99 Å². The summed E-state index contributed by atoms with van der Waals surface area (Å²) >= 11 is 7.78. The molecule has 110 valence electrons. The predicted octanol–water partition coefficient (Wildman–Crippen LogP) is 3.40. The summed E-state index contributed by atoms with van der Waals surface area (Å²) in [6.45, 7) is 0.730. The normalized spacial score (nSPS) is 21.3. The summed E-state index contributed by atoms with van der Waals surface area (Å²) in [5, 5.41) is 6.16. The largest absolute Gasteiger partial charge is 0.370 e. The van der Waals surface area contributed by atoms with E-state index in [1.807, 2.05) is 18.2 Å². The van der Waals surface area contributed by atoms with Crippen LogP contribution in [0.15, 0.2) is 46.8 Å². The van der Waals surface area contributed by atoms with Crippen molar-refractivity contribution >= 4 is 28.9 Å². The van der Waals surface area contributed by atoms with Crippen molar-refractivity contribution in [1.29, 1.82) is 0 Å². The van der Waals surface area contributed by atoms with E-state index in [1.165, 1.54) is 10.4 Å². The van der Waals surface area contributed by atoms with E-state index < -0.39 is 0 Å². The molecule has 0 saturated heterocycles. The molecular weight excluding hydrogens is 302 g/mol. The van der Waals surface area contributed by atoms with Crippen LogP contribution in [0.25, 0.3) is 0 Å². The number of halogens is 1. The van der Waals surface area contributed by atoms with Crippen LogP contribution >= 0.6 is 22.9 Å². The topological polar surface area (TPSA) is 50.4 Å². The van der Waals surface area contributed by atoms with Crippen molar-refractivity contribution in [1.82, 2.24) is 5.32 Å². The summed E-state index contributed by atoms with van der Waals surface area (Å²) < 4.78 is 0. The van der Waals surface area contributed by atoms with E-state index >= 15 is 0 Å². The lowest BCUT2D eigenvalue weighted by molar-refractivity contribution is 0.844. The summed E-state index contributed by atoms with van der Waals surface area (Å²) in [6.07, 6.45) is 2.03. The van der Waals surface area contributed by atoms with Gasteiger partial charge in [0, 0.05) is 34.8 Å². The lowest BCUT2D eigenvalue weighted by Gasteiger charge is -2.05. The molecule has 0 amide bonds. The molecule has 3 nitrogen and oxygen atoms in total. The Labute approximate surface area is 133 Å². The van der Waals surface area contributed by atoms with Crippen LogP contribution in [0.1, 0.15) is 22.8 Å². The minimum atomic E-state index is 0.383. The predicted molar refractivity (Wildman–Crippen MR) is 90.2 cm³/mol. The Balaban J connectivity index is 1.47. The first-order chi connectivity index (χ1) is 10.2. The first-order valence-electron chi connectivity index (χ1n) is 7.06. The highest BCUT2D eigenvalue weighted by atomic mass is 35.5. The lowest BCUT2D eigenvalue weighted by atomic mass is 10.1. The van der Waals surface area contributed by atoms with Crippen molar-refractivity contribution in [2.24, 2.45) is 10.7 Å². The number of thiophene rings is 1. The Bertz CT molecular complexity index is 624. The number of rotatable bonds is 5. The zero-order valence-electron chi connectivity index (χ0n) is 11.6. The van der Waals surface area contributed by atoms with Crippen molar-refractivity contribution in [2.75, 3.05) is 6.54 Å². The van der Waals surface area contributed by atoms with Crippen molar-refractivity contribution < 1.29 is 0 Å². The fraction of sp³-hybridized carbons (Fsp3) is 0.312. The first kappa shape index (κ1) is 14.4. The van der Waals surface area contributed by atoms with Crippen LogP contribution in [-0.4, -0.2) is 18.5 Å². The zero-order chi connectivity index (χ0) is 14.7. The first-order valence-corrected chi connectivity index (χ1v) is 8.32. The third kappa shape index (κ3) is 3.99. The molecule has 1 aromatic heterocycles. The Morgan fingerprint density at radius 2 is 2.29 bits per heavy atom. The number of nitrogens with one attached hydrogen (secondary N) is 1. The molecule has 1 fully saturated rings. The number of guanidine groups is 1. The van der Waals surface area contributed by atoms with Gasteiger partial charge < -0.3 is 11.1 Å². The summed E-state index contributed by atoms with van der Waals surface area (Å²) in [4.78, 5) is 5.73. The average molecular weight is 320 g/mol. The van der Waals surface area contributed by atoms with Crippen molar-refractivity contribution in [3.63, 3.8) is 0 Å². The maximum atomic E-state index is 6.02. The molecule has 5 heteroatoms. The number of hydrogen-bond donors (Lipinski definition) is 2. The Kier molecular flexibility index (Phi) is 4.46. The molecule has 21 heavy (non-hydrogen) atoms. The monoisotopic (exact) mass is 319 g/mol. The molecule has 1 aliphatic carbocycles. The third-order valence-electron chi connectivity index (χ3n) is 3.62. The standard InChI is InChI=1S/C16H18ClN3S/c17-12-4-1-3-11(9-12)14-10-15(14)20-16(18)19-7-6-13-5-2-8-21-13/h1-5,8-9,14-15H,6-7,10H2,(H3,18,19,20)/t14-,15+/m0/s1. The second-order valence-electron chi connectivity index (χ2n) is 5.24. The lowest BCUT2D eigenvalue weighted by Crippen LogP contribution is -2.34. The second kappa shape index (κ2) is 6.50. The molecule has 0 spiro atoms. The Hall–Kier alpha value is -1.52. The second-order valence-corrected chi connectivity index (χ2v) is 6.71. The highest BCUT2D eigenvalue weighted by Crippen LogP contribution is 2.41. The smallest absolute Gasteiger partial charge is 0.188 e. The molecule has 0 radical (unpaired) electrons. The van der Waals surface area contributed by atoms with Gasteiger partial charge in [-0.05, 0) is 35.6 Å². The number of hydrogen-bond acceptors (Lipinski definition) is 2. The van der Waals surface area contributed by atoms with Crippen LogP contribution < -0.4 is 11.1 Å². The fourth-order valence-electron chi connectivity index (χ4n) is 2.44. The Morgan fingerprint density at radius 3 is 3.05 bits per heavy atom.